The molecule has 5 heteroatoms. The highest BCUT2D eigenvalue weighted by molar-refractivity contribution is 5.85. The van der Waals surface area contributed by atoms with E-state index in [1.807, 2.05) is 0 Å². The largest absolute Gasteiger partial charge is 0.381 e. The second kappa shape index (κ2) is 6.22. The molecule has 0 aromatic carbocycles. The average molecular weight is 275 g/mol. The van der Waals surface area contributed by atoms with Gasteiger partial charge in [-0.25, -0.2) is 0 Å². The smallest absolute Gasteiger partial charge is 0.225 e. The number of ether oxygens (including phenoxy) is 1. The Bertz CT molecular complexity index is 283. The van der Waals surface area contributed by atoms with Crippen LogP contribution in [0.1, 0.15) is 38.5 Å². The number of amides is 1. The molecule has 2 bridgehead atoms. The molecule has 0 radical (unpaired) electrons. The van der Waals surface area contributed by atoms with Crippen molar-refractivity contribution in [2.75, 3.05) is 13.2 Å². The first kappa shape index (κ1) is 14.1. The second-order valence-corrected chi connectivity index (χ2v) is 5.73. The first-order chi connectivity index (χ1) is 8.31. The number of hydrogen-bond donors (Lipinski definition) is 2. The topological polar surface area (TPSA) is 50.4 Å². The lowest BCUT2D eigenvalue weighted by atomic mass is 9.97. The molecule has 3 fully saturated rings. The van der Waals surface area contributed by atoms with E-state index in [0.29, 0.717) is 24.7 Å². The Kier molecular flexibility index (Phi) is 4.87. The zero-order valence-electron chi connectivity index (χ0n) is 10.7. The van der Waals surface area contributed by atoms with Crippen molar-refractivity contribution in [3.05, 3.63) is 0 Å². The quantitative estimate of drug-likeness (QED) is 0.796. The summed E-state index contributed by atoms with van der Waals surface area (Å²) in [5, 5.41) is 6.83. The summed E-state index contributed by atoms with van der Waals surface area (Å²) in [7, 11) is 0. The predicted molar refractivity (Wildman–Crippen MR) is 71.9 cm³/mol. The van der Waals surface area contributed by atoms with Crippen LogP contribution < -0.4 is 10.6 Å². The van der Waals surface area contributed by atoms with E-state index in [4.69, 9.17) is 4.74 Å². The van der Waals surface area contributed by atoms with E-state index in [0.717, 1.165) is 32.3 Å². The zero-order valence-corrected chi connectivity index (χ0v) is 11.5. The fraction of sp³-hybridized carbons (Fsp3) is 0.923. The normalized spacial score (nSPS) is 38.9. The van der Waals surface area contributed by atoms with E-state index < -0.39 is 0 Å². The number of hydrogen-bond acceptors (Lipinski definition) is 3. The first-order valence-electron chi connectivity index (χ1n) is 6.95. The summed E-state index contributed by atoms with van der Waals surface area (Å²) in [4.78, 5) is 12.1. The summed E-state index contributed by atoms with van der Waals surface area (Å²) in [5.41, 5.74) is 0. The van der Waals surface area contributed by atoms with Crippen molar-refractivity contribution in [3.8, 4) is 0 Å². The standard InChI is InChI=1S/C13H22N2O2.ClH/c16-13(9-2-1-5-17-8-9)15-12-6-10-3-4-11(7-12)14-10;/h9-12,14H,1-8H2,(H,15,16);1H. The molecule has 0 spiro atoms. The first-order valence-corrected chi connectivity index (χ1v) is 6.95. The Morgan fingerprint density at radius 3 is 2.50 bits per heavy atom. The molecule has 3 aliphatic rings. The van der Waals surface area contributed by atoms with Crippen LogP contribution in [0.4, 0.5) is 0 Å². The second-order valence-electron chi connectivity index (χ2n) is 5.73. The van der Waals surface area contributed by atoms with Crippen molar-refractivity contribution in [2.45, 2.75) is 56.7 Å². The fourth-order valence-electron chi connectivity index (χ4n) is 3.44. The number of rotatable bonds is 2. The van der Waals surface area contributed by atoms with Crippen LogP contribution in [0, 0.1) is 5.92 Å². The molecule has 2 N–H and O–H groups in total. The van der Waals surface area contributed by atoms with E-state index in [-0.39, 0.29) is 24.2 Å². The Balaban J connectivity index is 0.00000120. The number of fused-ring (bicyclic) bond motifs is 2. The van der Waals surface area contributed by atoms with Crippen molar-refractivity contribution in [1.82, 2.24) is 10.6 Å². The molecule has 0 aromatic rings. The third-order valence-electron chi connectivity index (χ3n) is 4.35. The van der Waals surface area contributed by atoms with E-state index in [1.165, 1.54) is 12.8 Å². The van der Waals surface area contributed by atoms with E-state index in [9.17, 15) is 4.79 Å². The molecule has 1 amide bonds. The number of carbonyl (C=O) groups is 1. The summed E-state index contributed by atoms with van der Waals surface area (Å²) in [6.07, 6.45) is 6.79. The summed E-state index contributed by atoms with van der Waals surface area (Å²) in [6, 6.07) is 1.67. The van der Waals surface area contributed by atoms with Gasteiger partial charge in [-0.2, -0.15) is 0 Å². The van der Waals surface area contributed by atoms with Gasteiger partial charge < -0.3 is 15.4 Å². The molecule has 3 heterocycles. The molecule has 3 saturated heterocycles. The maximum atomic E-state index is 12.1. The van der Waals surface area contributed by atoms with Gasteiger partial charge in [-0.3, -0.25) is 4.79 Å². The van der Waals surface area contributed by atoms with Gasteiger partial charge in [0.1, 0.15) is 0 Å². The molecule has 3 unspecified atom stereocenters. The van der Waals surface area contributed by atoms with Crippen molar-refractivity contribution in [3.63, 3.8) is 0 Å². The Morgan fingerprint density at radius 2 is 1.89 bits per heavy atom. The van der Waals surface area contributed by atoms with Crippen molar-refractivity contribution >= 4 is 18.3 Å². The van der Waals surface area contributed by atoms with E-state index in [2.05, 4.69) is 10.6 Å². The van der Waals surface area contributed by atoms with Crippen LogP contribution in [0.5, 0.6) is 0 Å². The zero-order chi connectivity index (χ0) is 11.7. The lowest BCUT2D eigenvalue weighted by Crippen LogP contribution is -2.50. The molecule has 0 aliphatic carbocycles. The molecule has 0 saturated carbocycles. The Labute approximate surface area is 115 Å². The van der Waals surface area contributed by atoms with Crippen LogP contribution in [0.15, 0.2) is 0 Å². The highest BCUT2D eigenvalue weighted by Crippen LogP contribution is 2.27. The summed E-state index contributed by atoms with van der Waals surface area (Å²) in [5.74, 6) is 0.312. The Hall–Kier alpha value is -0.320. The van der Waals surface area contributed by atoms with Crippen LogP contribution >= 0.6 is 12.4 Å². The molecule has 104 valence electrons. The molecule has 18 heavy (non-hydrogen) atoms. The number of carbonyl (C=O) groups excluding carboxylic acids is 1. The van der Waals surface area contributed by atoms with Crippen LogP contribution in [0.25, 0.3) is 0 Å². The summed E-state index contributed by atoms with van der Waals surface area (Å²) >= 11 is 0. The average Bonchev–Trinajstić information content (AvgIpc) is 2.70. The molecule has 0 aromatic heterocycles. The number of piperidine rings is 1. The minimum absolute atomic E-state index is 0. The highest BCUT2D eigenvalue weighted by Gasteiger charge is 2.35. The Morgan fingerprint density at radius 1 is 1.17 bits per heavy atom. The molecule has 3 rings (SSSR count). The molecule has 3 aliphatic heterocycles. The minimum Gasteiger partial charge on any atom is -0.381 e. The fourth-order valence-corrected chi connectivity index (χ4v) is 3.44. The van der Waals surface area contributed by atoms with Crippen molar-refractivity contribution in [2.24, 2.45) is 5.92 Å². The maximum Gasteiger partial charge on any atom is 0.225 e. The van der Waals surface area contributed by atoms with Crippen molar-refractivity contribution in [1.29, 1.82) is 0 Å². The van der Waals surface area contributed by atoms with Gasteiger partial charge in [0.25, 0.3) is 0 Å². The van der Waals surface area contributed by atoms with E-state index >= 15 is 0 Å². The minimum atomic E-state index is 0. The third-order valence-corrected chi connectivity index (χ3v) is 4.35. The number of halogens is 1. The van der Waals surface area contributed by atoms with Gasteiger partial charge in [0, 0.05) is 24.7 Å². The van der Waals surface area contributed by atoms with Gasteiger partial charge in [-0.1, -0.05) is 0 Å². The van der Waals surface area contributed by atoms with Crippen LogP contribution in [-0.4, -0.2) is 37.2 Å². The molecular formula is C13H23ClN2O2. The molecule has 4 nitrogen and oxygen atoms in total. The number of nitrogens with one attached hydrogen (secondary N) is 2. The van der Waals surface area contributed by atoms with Gasteiger partial charge in [-0.15, -0.1) is 12.4 Å². The van der Waals surface area contributed by atoms with Gasteiger partial charge in [-0.05, 0) is 38.5 Å². The predicted octanol–water partition coefficient (Wildman–Crippen LogP) is 1.23. The molecule has 3 atom stereocenters. The van der Waals surface area contributed by atoms with Crippen molar-refractivity contribution < 1.29 is 9.53 Å². The van der Waals surface area contributed by atoms with E-state index in [1.54, 1.807) is 0 Å². The van der Waals surface area contributed by atoms with Gasteiger partial charge >= 0.3 is 0 Å². The lowest BCUT2D eigenvalue weighted by molar-refractivity contribution is -0.129. The third kappa shape index (κ3) is 3.16. The van der Waals surface area contributed by atoms with Crippen LogP contribution in [0.2, 0.25) is 0 Å². The van der Waals surface area contributed by atoms with Crippen LogP contribution in [-0.2, 0) is 9.53 Å². The summed E-state index contributed by atoms with van der Waals surface area (Å²) in [6.45, 7) is 1.44. The SMILES string of the molecule is Cl.O=C(NC1CC2CCC(C1)N2)C1CCCOC1. The summed E-state index contributed by atoms with van der Waals surface area (Å²) < 4.78 is 5.37. The molecular weight excluding hydrogens is 252 g/mol. The monoisotopic (exact) mass is 274 g/mol. The van der Waals surface area contributed by atoms with Crippen LogP contribution in [0.3, 0.4) is 0 Å². The lowest BCUT2D eigenvalue weighted by Gasteiger charge is -2.31. The van der Waals surface area contributed by atoms with Gasteiger partial charge in [0.05, 0.1) is 12.5 Å². The maximum absolute atomic E-state index is 12.1. The van der Waals surface area contributed by atoms with Gasteiger partial charge in [0.15, 0.2) is 0 Å². The van der Waals surface area contributed by atoms with Gasteiger partial charge in [0.2, 0.25) is 5.91 Å². The highest BCUT2D eigenvalue weighted by atomic mass is 35.5.